The lowest BCUT2D eigenvalue weighted by atomic mass is 9.99. The third kappa shape index (κ3) is 3.57. The van der Waals surface area contributed by atoms with Crippen LogP contribution < -0.4 is 15.4 Å². The Labute approximate surface area is 174 Å². The number of nitrogens with zero attached hydrogens (tertiary/aromatic N) is 1. The maximum Gasteiger partial charge on any atom is 0.295 e. The molecule has 0 radical (unpaired) electrons. The van der Waals surface area contributed by atoms with Gasteiger partial charge in [-0.15, -0.1) is 0 Å². The Morgan fingerprint density at radius 1 is 1.10 bits per heavy atom. The zero-order valence-corrected chi connectivity index (χ0v) is 17.1. The molecule has 0 fully saturated rings. The SMILES string of the molecule is NS(=O)(=O)c1ccc2c(c1)NC(=O)C(c1ccccc1)N2C(=O)c1ccc(Br)o1. The van der Waals surface area contributed by atoms with Crippen LogP contribution in [0.2, 0.25) is 0 Å². The van der Waals surface area contributed by atoms with E-state index in [0.29, 0.717) is 15.9 Å². The minimum Gasteiger partial charge on any atom is -0.444 e. The van der Waals surface area contributed by atoms with E-state index in [1.807, 2.05) is 0 Å². The standard InChI is InChI=1S/C19H14BrN3O5S/c20-16-9-8-15(28-16)19(25)23-14-7-6-12(29(21,26)27)10-13(14)22-18(24)17(23)11-4-2-1-3-5-11/h1-10,17H,(H,22,24)(H2,21,26,27). The van der Waals surface area contributed by atoms with Crippen molar-refractivity contribution in [3.05, 3.63) is 76.7 Å². The van der Waals surface area contributed by atoms with Crippen molar-refractivity contribution in [2.24, 2.45) is 5.14 Å². The third-order valence-corrected chi connectivity index (χ3v) is 5.78. The molecular weight excluding hydrogens is 462 g/mol. The van der Waals surface area contributed by atoms with E-state index in [9.17, 15) is 18.0 Å². The van der Waals surface area contributed by atoms with Crippen molar-refractivity contribution in [2.75, 3.05) is 10.2 Å². The number of nitrogens with two attached hydrogens (primary N) is 1. The Hall–Kier alpha value is -2.95. The summed E-state index contributed by atoms with van der Waals surface area (Å²) in [5, 5.41) is 7.86. The number of anilines is 2. The molecule has 0 spiro atoms. The minimum absolute atomic E-state index is 0.0222. The van der Waals surface area contributed by atoms with Gasteiger partial charge in [0.15, 0.2) is 10.4 Å². The summed E-state index contributed by atoms with van der Waals surface area (Å²) < 4.78 is 29.1. The van der Waals surface area contributed by atoms with E-state index in [-0.39, 0.29) is 16.3 Å². The van der Waals surface area contributed by atoms with Crippen molar-refractivity contribution in [1.82, 2.24) is 0 Å². The van der Waals surface area contributed by atoms with Crippen LogP contribution in [-0.4, -0.2) is 20.2 Å². The van der Waals surface area contributed by atoms with Crippen LogP contribution in [0.1, 0.15) is 22.2 Å². The van der Waals surface area contributed by atoms with Crippen LogP contribution in [0.4, 0.5) is 11.4 Å². The van der Waals surface area contributed by atoms with Gasteiger partial charge < -0.3 is 9.73 Å². The van der Waals surface area contributed by atoms with Gasteiger partial charge in [-0.2, -0.15) is 0 Å². The molecule has 1 unspecified atom stereocenters. The van der Waals surface area contributed by atoms with Crippen LogP contribution in [0.15, 0.2) is 74.6 Å². The number of halogens is 1. The summed E-state index contributed by atoms with van der Waals surface area (Å²) >= 11 is 3.16. The molecule has 1 aromatic heterocycles. The van der Waals surface area contributed by atoms with E-state index >= 15 is 0 Å². The van der Waals surface area contributed by atoms with E-state index in [1.165, 1.54) is 29.2 Å². The maximum atomic E-state index is 13.3. The normalized spacial score (nSPS) is 16.3. The lowest BCUT2D eigenvalue weighted by Gasteiger charge is -2.36. The molecule has 3 aromatic rings. The molecule has 0 saturated heterocycles. The first-order valence-corrected chi connectivity index (χ1v) is 10.7. The first-order valence-electron chi connectivity index (χ1n) is 8.37. The van der Waals surface area contributed by atoms with Gasteiger partial charge in [0.2, 0.25) is 10.0 Å². The second-order valence-electron chi connectivity index (χ2n) is 6.31. The second-order valence-corrected chi connectivity index (χ2v) is 8.65. The zero-order valence-electron chi connectivity index (χ0n) is 14.7. The van der Waals surface area contributed by atoms with Gasteiger partial charge >= 0.3 is 0 Å². The van der Waals surface area contributed by atoms with Gasteiger partial charge in [0.1, 0.15) is 6.04 Å². The predicted octanol–water partition coefficient (Wildman–Crippen LogP) is 3.03. The summed E-state index contributed by atoms with van der Waals surface area (Å²) in [6.07, 6.45) is 0. The molecule has 2 heterocycles. The number of amides is 2. The van der Waals surface area contributed by atoms with Crippen molar-refractivity contribution in [3.63, 3.8) is 0 Å². The average molecular weight is 476 g/mol. The van der Waals surface area contributed by atoms with E-state index < -0.39 is 27.9 Å². The number of sulfonamides is 1. The van der Waals surface area contributed by atoms with Gasteiger partial charge in [0.25, 0.3) is 11.8 Å². The molecule has 29 heavy (non-hydrogen) atoms. The predicted molar refractivity (Wildman–Crippen MR) is 109 cm³/mol. The first-order chi connectivity index (χ1) is 13.8. The van der Waals surface area contributed by atoms with Gasteiger partial charge in [-0.1, -0.05) is 30.3 Å². The molecule has 8 nitrogen and oxygen atoms in total. The van der Waals surface area contributed by atoms with Crippen LogP contribution in [0, 0.1) is 0 Å². The van der Waals surface area contributed by atoms with Crippen molar-refractivity contribution >= 4 is 49.1 Å². The molecule has 1 aliphatic heterocycles. The summed E-state index contributed by atoms with van der Waals surface area (Å²) in [6, 6.07) is 14.8. The number of hydrogen-bond donors (Lipinski definition) is 2. The number of carbonyl (C=O) groups is 2. The Bertz CT molecular complexity index is 1220. The van der Waals surface area contributed by atoms with Crippen LogP contribution in [0.5, 0.6) is 0 Å². The summed E-state index contributed by atoms with van der Waals surface area (Å²) in [5.41, 5.74) is 1.07. The number of benzene rings is 2. The molecule has 0 saturated carbocycles. The number of nitrogens with one attached hydrogen (secondary N) is 1. The van der Waals surface area contributed by atoms with Gasteiger partial charge in [-0.25, -0.2) is 13.6 Å². The summed E-state index contributed by atoms with van der Waals surface area (Å²) in [5.74, 6) is -1.02. The molecule has 0 bridgehead atoms. The monoisotopic (exact) mass is 475 g/mol. The lowest BCUT2D eigenvalue weighted by molar-refractivity contribution is -0.117. The molecule has 3 N–H and O–H groups in total. The highest BCUT2D eigenvalue weighted by Gasteiger charge is 2.39. The highest BCUT2D eigenvalue weighted by molar-refractivity contribution is 9.10. The summed E-state index contributed by atoms with van der Waals surface area (Å²) in [6.45, 7) is 0. The molecule has 0 aliphatic carbocycles. The Balaban J connectivity index is 1.90. The molecule has 10 heteroatoms. The number of carbonyl (C=O) groups excluding carboxylic acids is 2. The topological polar surface area (TPSA) is 123 Å². The highest BCUT2D eigenvalue weighted by atomic mass is 79.9. The summed E-state index contributed by atoms with van der Waals surface area (Å²) in [4.78, 5) is 27.3. The Morgan fingerprint density at radius 3 is 2.45 bits per heavy atom. The van der Waals surface area contributed by atoms with E-state index in [1.54, 1.807) is 36.4 Å². The molecule has 2 amide bonds. The fourth-order valence-corrected chi connectivity index (χ4v) is 4.02. The maximum absolute atomic E-state index is 13.3. The van der Waals surface area contributed by atoms with Gasteiger partial charge in [-0.05, 0) is 51.8 Å². The first kappa shape index (κ1) is 19.4. The number of fused-ring (bicyclic) bond motifs is 1. The highest BCUT2D eigenvalue weighted by Crippen LogP contribution is 2.40. The largest absolute Gasteiger partial charge is 0.444 e. The third-order valence-electron chi connectivity index (χ3n) is 4.44. The van der Waals surface area contributed by atoms with Gasteiger partial charge in [0, 0.05) is 0 Å². The molecule has 1 atom stereocenters. The van der Waals surface area contributed by atoms with Gasteiger partial charge in [-0.3, -0.25) is 14.5 Å². The molecular formula is C19H14BrN3O5S. The van der Waals surface area contributed by atoms with Crippen LogP contribution >= 0.6 is 15.9 Å². The summed E-state index contributed by atoms with van der Waals surface area (Å²) in [7, 11) is -3.99. The Morgan fingerprint density at radius 2 is 1.83 bits per heavy atom. The number of hydrogen-bond acceptors (Lipinski definition) is 5. The van der Waals surface area contributed by atoms with E-state index in [4.69, 9.17) is 9.56 Å². The van der Waals surface area contributed by atoms with Crippen molar-refractivity contribution in [2.45, 2.75) is 10.9 Å². The lowest BCUT2D eigenvalue weighted by Crippen LogP contribution is -2.45. The Kier molecular flexibility index (Phi) is 4.77. The molecule has 148 valence electrons. The fourth-order valence-electron chi connectivity index (χ4n) is 3.17. The average Bonchev–Trinajstić information content (AvgIpc) is 3.12. The minimum atomic E-state index is -3.99. The van der Waals surface area contributed by atoms with Crippen LogP contribution in [-0.2, 0) is 14.8 Å². The second kappa shape index (κ2) is 7.14. The van der Waals surface area contributed by atoms with Crippen molar-refractivity contribution in [3.8, 4) is 0 Å². The quantitative estimate of drug-likeness (QED) is 0.602. The smallest absolute Gasteiger partial charge is 0.295 e. The number of primary sulfonamides is 1. The fraction of sp³-hybridized carbons (Fsp3) is 0.0526. The molecule has 2 aromatic carbocycles. The number of furan rings is 1. The molecule has 1 aliphatic rings. The zero-order chi connectivity index (χ0) is 20.8. The van der Waals surface area contributed by atoms with Crippen molar-refractivity contribution in [1.29, 1.82) is 0 Å². The van der Waals surface area contributed by atoms with Crippen molar-refractivity contribution < 1.29 is 22.4 Å². The van der Waals surface area contributed by atoms with E-state index in [0.717, 1.165) is 0 Å². The van der Waals surface area contributed by atoms with E-state index in [2.05, 4.69) is 21.2 Å². The van der Waals surface area contributed by atoms with Gasteiger partial charge in [0.05, 0.1) is 16.3 Å². The van der Waals surface area contributed by atoms with Crippen LogP contribution in [0.25, 0.3) is 0 Å². The number of rotatable bonds is 3. The molecule has 4 rings (SSSR count). The van der Waals surface area contributed by atoms with Crippen LogP contribution in [0.3, 0.4) is 0 Å².